The van der Waals surface area contributed by atoms with E-state index in [1.54, 1.807) is 12.1 Å². The van der Waals surface area contributed by atoms with Gasteiger partial charge < -0.3 is 4.74 Å². The van der Waals surface area contributed by atoms with Gasteiger partial charge in [0, 0.05) is 10.9 Å². The van der Waals surface area contributed by atoms with Crippen LogP contribution in [0.4, 0.5) is 0 Å². The number of carbonyl (C=O) groups is 1. The van der Waals surface area contributed by atoms with Gasteiger partial charge in [0.15, 0.2) is 5.78 Å². The van der Waals surface area contributed by atoms with Gasteiger partial charge >= 0.3 is 0 Å². The Bertz CT molecular complexity index is 359. The first-order chi connectivity index (χ1) is 7.00. The molecule has 82 valence electrons. The minimum absolute atomic E-state index is 0.0117. The molecule has 0 radical (unpaired) electrons. The Morgan fingerprint density at radius 3 is 2.67 bits per heavy atom. The predicted octanol–water partition coefficient (Wildman–Crippen LogP) is 3.25. The summed E-state index contributed by atoms with van der Waals surface area (Å²) in [6, 6.07) is 5.35. The molecule has 0 aliphatic heterocycles. The van der Waals surface area contributed by atoms with Crippen LogP contribution < -0.4 is 4.74 Å². The minimum atomic E-state index is 0.0117. The average molecular weight is 227 g/mol. The van der Waals surface area contributed by atoms with Gasteiger partial charge in [0.05, 0.1) is 0 Å². The number of Topliss-reactive ketones (excluding diaryl/α,β-unsaturated/α-hetero) is 1. The van der Waals surface area contributed by atoms with Crippen molar-refractivity contribution in [1.29, 1.82) is 0 Å². The molecule has 0 fully saturated rings. The molecule has 1 rings (SSSR count). The summed E-state index contributed by atoms with van der Waals surface area (Å²) in [6.45, 7) is 5.75. The van der Waals surface area contributed by atoms with Crippen molar-refractivity contribution in [2.24, 2.45) is 5.92 Å². The maximum atomic E-state index is 11.3. The molecule has 3 heteroatoms. The van der Waals surface area contributed by atoms with Crippen LogP contribution >= 0.6 is 11.6 Å². The van der Waals surface area contributed by atoms with Crippen molar-refractivity contribution in [3.8, 4) is 5.75 Å². The van der Waals surface area contributed by atoms with Crippen molar-refractivity contribution in [3.05, 3.63) is 28.8 Å². The van der Waals surface area contributed by atoms with Crippen LogP contribution in [0.2, 0.25) is 5.02 Å². The van der Waals surface area contributed by atoms with Gasteiger partial charge in [-0.15, -0.1) is 0 Å². The number of benzene rings is 1. The highest BCUT2D eigenvalue weighted by atomic mass is 35.5. The Labute approximate surface area is 95.2 Å². The second kappa shape index (κ2) is 5.17. The first-order valence-electron chi connectivity index (χ1n) is 4.92. The zero-order chi connectivity index (χ0) is 11.4. The average Bonchev–Trinajstić information content (AvgIpc) is 2.15. The SMILES string of the molecule is Cc1cc(Cl)ccc1OCC(=O)C(C)C. The first kappa shape index (κ1) is 12.1. The standard InChI is InChI=1S/C12H15ClO2/c1-8(2)11(14)7-15-12-5-4-10(13)6-9(12)3/h4-6,8H,7H2,1-3H3. The summed E-state index contributed by atoms with van der Waals surface area (Å²) in [5, 5.41) is 0.676. The molecule has 0 saturated heterocycles. The molecule has 0 amide bonds. The normalized spacial score (nSPS) is 10.5. The summed E-state index contributed by atoms with van der Waals surface area (Å²) in [4.78, 5) is 11.3. The van der Waals surface area contributed by atoms with Crippen LogP contribution in [0.25, 0.3) is 0 Å². The van der Waals surface area contributed by atoms with Crippen molar-refractivity contribution < 1.29 is 9.53 Å². The molecule has 0 aliphatic carbocycles. The fourth-order valence-electron chi connectivity index (χ4n) is 1.09. The molecule has 0 atom stereocenters. The van der Waals surface area contributed by atoms with Crippen LogP contribution in [-0.4, -0.2) is 12.4 Å². The molecule has 0 bridgehead atoms. The lowest BCUT2D eigenvalue weighted by Crippen LogP contribution is -2.17. The molecule has 0 spiro atoms. The van der Waals surface area contributed by atoms with E-state index in [2.05, 4.69) is 0 Å². The number of aryl methyl sites for hydroxylation is 1. The number of ketones is 1. The summed E-state index contributed by atoms with van der Waals surface area (Å²) in [7, 11) is 0. The molecule has 2 nitrogen and oxygen atoms in total. The van der Waals surface area contributed by atoms with E-state index in [-0.39, 0.29) is 18.3 Å². The van der Waals surface area contributed by atoms with Gasteiger partial charge in [-0.05, 0) is 30.7 Å². The Hall–Kier alpha value is -1.02. The lowest BCUT2D eigenvalue weighted by atomic mass is 10.1. The molecule has 0 heterocycles. The zero-order valence-corrected chi connectivity index (χ0v) is 9.97. The number of carbonyl (C=O) groups excluding carboxylic acids is 1. The van der Waals surface area contributed by atoms with E-state index < -0.39 is 0 Å². The monoisotopic (exact) mass is 226 g/mol. The van der Waals surface area contributed by atoms with Crippen molar-refractivity contribution in [2.75, 3.05) is 6.61 Å². The highest BCUT2D eigenvalue weighted by Crippen LogP contribution is 2.21. The zero-order valence-electron chi connectivity index (χ0n) is 9.21. The molecule has 1 aromatic carbocycles. The van der Waals surface area contributed by atoms with Crippen LogP contribution in [-0.2, 0) is 4.79 Å². The van der Waals surface area contributed by atoms with E-state index >= 15 is 0 Å². The third kappa shape index (κ3) is 3.56. The van der Waals surface area contributed by atoms with E-state index in [0.29, 0.717) is 10.8 Å². The van der Waals surface area contributed by atoms with Gasteiger partial charge in [-0.25, -0.2) is 0 Å². The molecule has 0 unspecified atom stereocenters. The minimum Gasteiger partial charge on any atom is -0.486 e. The number of hydrogen-bond acceptors (Lipinski definition) is 2. The lowest BCUT2D eigenvalue weighted by Gasteiger charge is -2.09. The summed E-state index contributed by atoms with van der Waals surface area (Å²) >= 11 is 5.81. The maximum Gasteiger partial charge on any atom is 0.172 e. The van der Waals surface area contributed by atoms with Crippen molar-refractivity contribution in [1.82, 2.24) is 0 Å². The Kier molecular flexibility index (Phi) is 4.15. The second-order valence-corrected chi connectivity index (χ2v) is 4.26. The van der Waals surface area contributed by atoms with Gasteiger partial charge in [0.1, 0.15) is 12.4 Å². The highest BCUT2D eigenvalue weighted by Gasteiger charge is 2.08. The third-order valence-corrected chi connectivity index (χ3v) is 2.39. The molecule has 1 aromatic rings. The van der Waals surface area contributed by atoms with Gasteiger partial charge in [-0.1, -0.05) is 25.4 Å². The number of hydrogen-bond donors (Lipinski definition) is 0. The van der Waals surface area contributed by atoms with Gasteiger partial charge in [0.2, 0.25) is 0 Å². The number of rotatable bonds is 4. The highest BCUT2D eigenvalue weighted by molar-refractivity contribution is 6.30. The molecule has 0 aromatic heterocycles. The van der Waals surface area contributed by atoms with Crippen molar-refractivity contribution in [2.45, 2.75) is 20.8 Å². The smallest absolute Gasteiger partial charge is 0.172 e. The van der Waals surface area contributed by atoms with Gasteiger partial charge in [0.25, 0.3) is 0 Å². The summed E-state index contributed by atoms with van der Waals surface area (Å²) in [5.74, 6) is 0.829. The van der Waals surface area contributed by atoms with Crippen LogP contribution in [0, 0.1) is 12.8 Å². The molecule has 0 saturated carbocycles. The maximum absolute atomic E-state index is 11.3. The van der Waals surface area contributed by atoms with Crippen LogP contribution in [0.1, 0.15) is 19.4 Å². The summed E-state index contributed by atoms with van der Waals surface area (Å²) in [5.41, 5.74) is 0.944. The number of ether oxygens (including phenoxy) is 1. The van der Waals surface area contributed by atoms with Crippen LogP contribution in [0.3, 0.4) is 0 Å². The van der Waals surface area contributed by atoms with Gasteiger partial charge in [-0.3, -0.25) is 4.79 Å². The third-order valence-electron chi connectivity index (χ3n) is 2.15. The topological polar surface area (TPSA) is 26.3 Å². The molecular weight excluding hydrogens is 212 g/mol. The quantitative estimate of drug-likeness (QED) is 0.788. The summed E-state index contributed by atoms with van der Waals surface area (Å²) < 4.78 is 5.41. The first-order valence-corrected chi connectivity index (χ1v) is 5.30. The fraction of sp³-hybridized carbons (Fsp3) is 0.417. The second-order valence-electron chi connectivity index (χ2n) is 3.82. The molecule has 15 heavy (non-hydrogen) atoms. The lowest BCUT2D eigenvalue weighted by molar-refractivity contribution is -0.123. The molecular formula is C12H15ClO2. The van der Waals surface area contributed by atoms with E-state index in [1.165, 1.54) is 0 Å². The fourth-order valence-corrected chi connectivity index (χ4v) is 1.32. The van der Waals surface area contributed by atoms with Crippen molar-refractivity contribution >= 4 is 17.4 Å². The van der Waals surface area contributed by atoms with E-state index in [1.807, 2.05) is 26.8 Å². The van der Waals surface area contributed by atoms with E-state index in [4.69, 9.17) is 16.3 Å². The Morgan fingerprint density at radius 1 is 1.47 bits per heavy atom. The largest absolute Gasteiger partial charge is 0.486 e. The Balaban J connectivity index is 2.62. The Morgan fingerprint density at radius 2 is 2.13 bits per heavy atom. The van der Waals surface area contributed by atoms with E-state index in [0.717, 1.165) is 5.56 Å². The number of halogens is 1. The van der Waals surface area contributed by atoms with E-state index in [9.17, 15) is 4.79 Å². The molecule has 0 aliphatic rings. The van der Waals surface area contributed by atoms with Gasteiger partial charge in [-0.2, -0.15) is 0 Å². The van der Waals surface area contributed by atoms with Crippen LogP contribution in [0.15, 0.2) is 18.2 Å². The van der Waals surface area contributed by atoms with Crippen molar-refractivity contribution in [3.63, 3.8) is 0 Å². The predicted molar refractivity (Wildman–Crippen MR) is 61.5 cm³/mol. The molecule has 0 N–H and O–H groups in total. The van der Waals surface area contributed by atoms with Crippen LogP contribution in [0.5, 0.6) is 5.75 Å². The summed E-state index contributed by atoms with van der Waals surface area (Å²) in [6.07, 6.45) is 0.